The average molecular weight is 629 g/mol. The largest absolute Gasteiger partial charge is 0.486 e. The number of rotatable bonds is 12. The minimum absolute atomic E-state index is 0.0879. The minimum atomic E-state index is -0.193. The van der Waals surface area contributed by atoms with E-state index in [2.05, 4.69) is 62.8 Å². The molecular weight excluding hydrogens is 584 g/mol. The fourth-order valence-corrected chi connectivity index (χ4v) is 6.66. The number of esters is 1. The summed E-state index contributed by atoms with van der Waals surface area (Å²) in [6.45, 7) is 12.1. The van der Waals surface area contributed by atoms with Gasteiger partial charge in [-0.3, -0.25) is 19.2 Å². The lowest BCUT2D eigenvalue weighted by Gasteiger charge is -2.36. The van der Waals surface area contributed by atoms with Crippen LogP contribution in [-0.4, -0.2) is 86.1 Å². The van der Waals surface area contributed by atoms with Crippen molar-refractivity contribution in [2.75, 3.05) is 39.3 Å². The third-order valence-electron chi connectivity index (χ3n) is 8.16. The summed E-state index contributed by atoms with van der Waals surface area (Å²) in [6.07, 6.45) is 12.8. The summed E-state index contributed by atoms with van der Waals surface area (Å²) < 4.78 is 13.5. The van der Waals surface area contributed by atoms with Crippen molar-refractivity contribution in [2.24, 2.45) is 0 Å². The minimum Gasteiger partial charge on any atom is -0.486 e. The number of piperazine rings is 1. The summed E-state index contributed by atoms with van der Waals surface area (Å²) in [4.78, 5) is 21.4. The van der Waals surface area contributed by atoms with Crippen LogP contribution in [0, 0.1) is 18.8 Å². The van der Waals surface area contributed by atoms with Crippen molar-refractivity contribution in [3.8, 4) is 23.3 Å². The molecule has 238 valence electrons. The maximum Gasteiger partial charge on any atom is 0.306 e. The van der Waals surface area contributed by atoms with Gasteiger partial charge in [0.25, 0.3) is 0 Å². The molecule has 0 N–H and O–H groups in total. The van der Waals surface area contributed by atoms with Gasteiger partial charge in [-0.1, -0.05) is 35.8 Å². The maximum atomic E-state index is 12.2. The van der Waals surface area contributed by atoms with Crippen LogP contribution in [0.25, 0.3) is 5.69 Å². The molecule has 0 spiro atoms. The molecule has 0 bridgehead atoms. The van der Waals surface area contributed by atoms with E-state index in [0.29, 0.717) is 23.5 Å². The van der Waals surface area contributed by atoms with Gasteiger partial charge >= 0.3 is 5.97 Å². The molecule has 5 rings (SSSR count). The lowest BCUT2D eigenvalue weighted by molar-refractivity contribution is -0.142. The van der Waals surface area contributed by atoms with Gasteiger partial charge < -0.3 is 14.4 Å². The Hall–Kier alpha value is -3.65. The van der Waals surface area contributed by atoms with E-state index in [-0.39, 0.29) is 19.2 Å². The number of carbonyl (C=O) groups excluding carboxylic acids is 1. The molecule has 10 heteroatoms. The van der Waals surface area contributed by atoms with Gasteiger partial charge in [0.15, 0.2) is 17.6 Å². The number of benzene rings is 1. The van der Waals surface area contributed by atoms with Gasteiger partial charge in [-0.05, 0) is 88.9 Å². The topological polar surface area (TPSA) is 85.6 Å². The molecule has 9 nitrogen and oxygen atoms in total. The molecular formula is C35H44N6O3S. The Kier molecular flexibility index (Phi) is 12.1. The molecule has 1 unspecified atom stereocenters. The number of allylic oxidation sites excluding steroid dienone is 1. The monoisotopic (exact) mass is 628 g/mol. The standard InChI is InChI=1S/C35H44N6O3S/c1-27(2)40-21-19-39(20-22-40)18-8-14-34(42)43-23-9-10-29-15-16-31(24-28(29)3)44-26-33-37-38-35(45-32-12-5-4-6-13-32)41(33)30-11-7-17-36-25-30/h5,7,11-12,15-17,24-25,27,32H,4,6,8,13-14,18-23,26H2,1-3H3. The van der Waals surface area contributed by atoms with Crippen LogP contribution in [0.1, 0.15) is 62.9 Å². The fraction of sp³-hybridized carbons (Fsp3) is 0.486. The summed E-state index contributed by atoms with van der Waals surface area (Å²) >= 11 is 1.72. The number of thioether (sulfide) groups is 1. The number of ether oxygens (including phenoxy) is 2. The van der Waals surface area contributed by atoms with Gasteiger partial charge in [0, 0.05) is 55.7 Å². The van der Waals surface area contributed by atoms with Gasteiger partial charge in [0.1, 0.15) is 12.4 Å². The molecule has 1 atom stereocenters. The number of hydrogen-bond donors (Lipinski definition) is 0. The summed E-state index contributed by atoms with van der Waals surface area (Å²) in [7, 11) is 0. The van der Waals surface area contributed by atoms with Gasteiger partial charge in [-0.25, -0.2) is 0 Å². The van der Waals surface area contributed by atoms with Crippen molar-refractivity contribution in [3.63, 3.8) is 0 Å². The predicted molar refractivity (Wildman–Crippen MR) is 178 cm³/mol. The molecule has 3 heterocycles. The molecule has 1 aliphatic carbocycles. The van der Waals surface area contributed by atoms with Crippen molar-refractivity contribution >= 4 is 17.7 Å². The Balaban J connectivity index is 1.09. The molecule has 1 aliphatic heterocycles. The second-order valence-electron chi connectivity index (χ2n) is 11.8. The number of carbonyl (C=O) groups is 1. The van der Waals surface area contributed by atoms with Crippen molar-refractivity contribution in [3.05, 3.63) is 71.8 Å². The van der Waals surface area contributed by atoms with Gasteiger partial charge in [-0.2, -0.15) is 0 Å². The second-order valence-corrected chi connectivity index (χ2v) is 13.0. The van der Waals surface area contributed by atoms with E-state index in [9.17, 15) is 4.79 Å². The quantitative estimate of drug-likeness (QED) is 0.148. The summed E-state index contributed by atoms with van der Waals surface area (Å²) in [6, 6.07) is 10.3. The zero-order valence-corrected chi connectivity index (χ0v) is 27.5. The molecule has 45 heavy (non-hydrogen) atoms. The van der Waals surface area contributed by atoms with Crippen LogP contribution in [0.4, 0.5) is 0 Å². The first-order chi connectivity index (χ1) is 22.0. The fourth-order valence-electron chi connectivity index (χ4n) is 5.51. The Bertz CT molecular complexity index is 1490. The van der Waals surface area contributed by atoms with Gasteiger partial charge in [-0.15, -0.1) is 10.2 Å². The summed E-state index contributed by atoms with van der Waals surface area (Å²) in [5.41, 5.74) is 2.76. The van der Waals surface area contributed by atoms with Crippen LogP contribution in [0.3, 0.4) is 0 Å². The molecule has 0 saturated carbocycles. The van der Waals surface area contributed by atoms with E-state index in [4.69, 9.17) is 9.47 Å². The molecule has 0 amide bonds. The van der Waals surface area contributed by atoms with Crippen molar-refractivity contribution in [2.45, 2.75) is 75.9 Å². The Morgan fingerprint density at radius 2 is 2.02 bits per heavy atom. The third kappa shape index (κ3) is 9.67. The highest BCUT2D eigenvalue weighted by Gasteiger charge is 2.20. The maximum absolute atomic E-state index is 12.2. The number of aryl methyl sites for hydroxylation is 1. The number of aromatic nitrogens is 4. The highest BCUT2D eigenvalue weighted by molar-refractivity contribution is 7.99. The average Bonchev–Trinajstić information content (AvgIpc) is 3.46. The normalized spacial score (nSPS) is 17.2. The van der Waals surface area contributed by atoms with Crippen LogP contribution in [0.5, 0.6) is 5.75 Å². The van der Waals surface area contributed by atoms with Crippen molar-refractivity contribution in [1.29, 1.82) is 0 Å². The van der Waals surface area contributed by atoms with Crippen LogP contribution in [0.15, 0.2) is 60.0 Å². The summed E-state index contributed by atoms with van der Waals surface area (Å²) in [5.74, 6) is 7.35. The SMILES string of the molecule is Cc1cc(OCc2nnc(SC3C=CCCC3)n2-c2cccnc2)ccc1C#CCOC(=O)CCCN1CCN(C(C)C)CC1. The zero-order chi connectivity index (χ0) is 31.4. The number of hydrogen-bond acceptors (Lipinski definition) is 9. The Labute approximate surface area is 271 Å². The van der Waals surface area contributed by atoms with Gasteiger partial charge in [0.05, 0.1) is 11.9 Å². The molecule has 2 aliphatic rings. The first-order valence-electron chi connectivity index (χ1n) is 16.0. The first kappa shape index (κ1) is 32.7. The second kappa shape index (κ2) is 16.6. The van der Waals surface area contributed by atoms with E-state index in [1.54, 1.807) is 18.0 Å². The Morgan fingerprint density at radius 3 is 2.76 bits per heavy atom. The highest BCUT2D eigenvalue weighted by Crippen LogP contribution is 2.31. The smallest absolute Gasteiger partial charge is 0.306 e. The molecule has 1 saturated heterocycles. The third-order valence-corrected chi connectivity index (χ3v) is 9.33. The van der Waals surface area contributed by atoms with Crippen LogP contribution >= 0.6 is 11.8 Å². The number of nitrogens with zero attached hydrogens (tertiary/aromatic N) is 6. The van der Waals surface area contributed by atoms with Crippen molar-refractivity contribution < 1.29 is 14.3 Å². The van der Waals surface area contributed by atoms with Crippen LogP contribution in [0.2, 0.25) is 0 Å². The van der Waals surface area contributed by atoms with Crippen LogP contribution in [-0.2, 0) is 16.1 Å². The van der Waals surface area contributed by atoms with Crippen LogP contribution < -0.4 is 4.74 Å². The van der Waals surface area contributed by atoms with E-state index < -0.39 is 0 Å². The Morgan fingerprint density at radius 1 is 1.16 bits per heavy atom. The molecule has 0 radical (unpaired) electrons. The lowest BCUT2D eigenvalue weighted by Crippen LogP contribution is -2.48. The zero-order valence-electron chi connectivity index (χ0n) is 26.7. The van der Waals surface area contributed by atoms with E-state index in [1.165, 1.54) is 6.42 Å². The molecule has 3 aromatic rings. The van der Waals surface area contributed by atoms with Crippen molar-refractivity contribution in [1.82, 2.24) is 29.5 Å². The highest BCUT2D eigenvalue weighted by atomic mass is 32.2. The molecule has 2 aromatic heterocycles. The first-order valence-corrected chi connectivity index (χ1v) is 16.9. The molecule has 1 aromatic carbocycles. The van der Waals surface area contributed by atoms with E-state index in [1.807, 2.05) is 48.0 Å². The van der Waals surface area contributed by atoms with E-state index in [0.717, 1.165) is 79.7 Å². The number of pyridine rings is 1. The molecule has 1 fully saturated rings. The summed E-state index contributed by atoms with van der Waals surface area (Å²) in [5, 5.41) is 10.2. The lowest BCUT2D eigenvalue weighted by atomic mass is 10.1. The predicted octanol–water partition coefficient (Wildman–Crippen LogP) is 5.45. The van der Waals surface area contributed by atoms with E-state index >= 15 is 0 Å². The van der Waals surface area contributed by atoms with Gasteiger partial charge in [0.2, 0.25) is 0 Å².